The molecule has 1 aliphatic carbocycles. The van der Waals surface area contributed by atoms with Crippen LogP contribution in [0.15, 0.2) is 0 Å². The third kappa shape index (κ3) is 6.64. The maximum atomic E-state index is 5.22. The third-order valence-corrected chi connectivity index (χ3v) is 3.22. The van der Waals surface area contributed by atoms with Crippen molar-refractivity contribution in [1.29, 1.82) is 0 Å². The van der Waals surface area contributed by atoms with Crippen molar-refractivity contribution in [3.8, 4) is 0 Å². The minimum absolute atomic E-state index is 0. The molecule has 0 N–H and O–H groups in total. The van der Waals surface area contributed by atoms with Gasteiger partial charge in [0, 0.05) is 39.3 Å². The van der Waals surface area contributed by atoms with Gasteiger partial charge in [-0.25, -0.2) is 0 Å². The normalized spacial score (nSPS) is 18.0. The summed E-state index contributed by atoms with van der Waals surface area (Å²) >= 11 is 0. The maximum Gasteiger partial charge on any atom is 1.00 e. The van der Waals surface area contributed by atoms with E-state index in [2.05, 4.69) is 44.4 Å². The summed E-state index contributed by atoms with van der Waals surface area (Å²) < 4.78 is 10.4. The van der Waals surface area contributed by atoms with E-state index in [1.54, 1.807) is 14.2 Å². The Balaban J connectivity index is 0.00000324. The number of ether oxygens (including phenoxy) is 2. The zero-order valence-corrected chi connectivity index (χ0v) is 13.1. The summed E-state index contributed by atoms with van der Waals surface area (Å²) in [6.45, 7) is 7.93. The molecule has 1 saturated carbocycles. The molecule has 1 aliphatic rings. The number of rotatable bonds is 9. The smallest absolute Gasteiger partial charge is 0.383 e. The van der Waals surface area contributed by atoms with Crippen molar-refractivity contribution in [3.05, 3.63) is 31.6 Å². The predicted octanol–water partition coefficient (Wildman–Crippen LogP) is -0.985. The zero-order chi connectivity index (χ0) is 13.4. The topological polar surface area (TPSA) is 21.7 Å². The minimum Gasteiger partial charge on any atom is -0.383 e. The Hall–Kier alpha value is 0.477. The van der Waals surface area contributed by atoms with E-state index >= 15 is 0 Å². The van der Waals surface area contributed by atoms with E-state index < -0.39 is 0 Å². The van der Waals surface area contributed by atoms with Crippen molar-refractivity contribution in [2.45, 2.75) is 19.9 Å². The van der Waals surface area contributed by atoms with Crippen LogP contribution in [0.5, 0.6) is 0 Å². The summed E-state index contributed by atoms with van der Waals surface area (Å²) in [5.41, 5.74) is 0. The first-order chi connectivity index (χ1) is 8.70. The predicted molar refractivity (Wildman–Crippen MR) is 74.4 cm³/mol. The molecule has 103 valence electrons. The molecule has 0 aromatic heterocycles. The van der Waals surface area contributed by atoms with Crippen LogP contribution in [0.2, 0.25) is 0 Å². The number of nitrogens with zero attached hydrogens (tertiary/aromatic N) is 1. The SMILES string of the molecule is COCCN(CCOC)C([C]1[CH][CH][CH][CH]1)C(C)C.[Li+]. The monoisotopic (exact) mass is 259 g/mol. The van der Waals surface area contributed by atoms with Crippen molar-refractivity contribution in [3.63, 3.8) is 0 Å². The largest absolute Gasteiger partial charge is 1.00 e. The van der Waals surface area contributed by atoms with Gasteiger partial charge in [0.1, 0.15) is 0 Å². The molecule has 1 unspecified atom stereocenters. The molecule has 5 radical (unpaired) electrons. The summed E-state index contributed by atoms with van der Waals surface area (Å²) in [4.78, 5) is 2.45. The second-order valence-electron chi connectivity index (χ2n) is 4.93. The van der Waals surface area contributed by atoms with Crippen LogP contribution in [0.3, 0.4) is 0 Å². The first kappa shape index (κ1) is 19.5. The summed E-state index contributed by atoms with van der Waals surface area (Å²) in [6, 6.07) is 0.435. The van der Waals surface area contributed by atoms with Crippen LogP contribution in [0, 0.1) is 37.5 Å². The fraction of sp³-hybridized carbons (Fsp3) is 0.667. The first-order valence-electron chi connectivity index (χ1n) is 6.64. The average molecular weight is 259 g/mol. The van der Waals surface area contributed by atoms with Gasteiger partial charge in [-0.05, 0) is 31.6 Å². The molecule has 3 nitrogen and oxygen atoms in total. The molecule has 0 spiro atoms. The van der Waals surface area contributed by atoms with E-state index in [9.17, 15) is 0 Å². The Bertz CT molecular complexity index is 200. The average Bonchev–Trinajstić information content (AvgIpc) is 2.85. The summed E-state index contributed by atoms with van der Waals surface area (Å²) in [6.07, 6.45) is 8.62. The molecule has 0 saturated heterocycles. The van der Waals surface area contributed by atoms with Crippen LogP contribution < -0.4 is 18.9 Å². The molecule has 0 bridgehead atoms. The van der Waals surface area contributed by atoms with E-state index in [1.807, 2.05) is 0 Å². The van der Waals surface area contributed by atoms with Gasteiger partial charge in [0.2, 0.25) is 0 Å². The van der Waals surface area contributed by atoms with Crippen LogP contribution in [0.4, 0.5) is 0 Å². The van der Waals surface area contributed by atoms with E-state index in [0.29, 0.717) is 12.0 Å². The number of hydrogen-bond acceptors (Lipinski definition) is 3. The molecule has 0 aromatic carbocycles. The Morgan fingerprint density at radius 3 is 1.84 bits per heavy atom. The van der Waals surface area contributed by atoms with Crippen LogP contribution in [-0.2, 0) is 9.47 Å². The van der Waals surface area contributed by atoms with Gasteiger partial charge in [0.25, 0.3) is 0 Å². The standard InChI is InChI=1S/C15H26NO2.Li/c1-13(2)15(14-7-5-6-8-14)16(9-11-17-3)10-12-18-4;/h5-8,13,15H,9-12H2,1-4H3;/q;+1. The molecule has 1 rings (SSSR count). The van der Waals surface area contributed by atoms with Gasteiger partial charge in [-0.2, -0.15) is 0 Å². The quantitative estimate of drug-likeness (QED) is 0.497. The summed E-state index contributed by atoms with van der Waals surface area (Å²) in [5.74, 6) is 1.96. The fourth-order valence-corrected chi connectivity index (χ4v) is 2.41. The number of hydrogen-bond donors (Lipinski definition) is 0. The zero-order valence-electron chi connectivity index (χ0n) is 13.1. The van der Waals surface area contributed by atoms with Gasteiger partial charge < -0.3 is 9.47 Å². The Labute approximate surface area is 131 Å². The second kappa shape index (κ2) is 11.2. The molecule has 19 heavy (non-hydrogen) atoms. The van der Waals surface area contributed by atoms with Gasteiger partial charge in [0.05, 0.1) is 13.2 Å². The van der Waals surface area contributed by atoms with Gasteiger partial charge in [-0.15, -0.1) is 0 Å². The minimum atomic E-state index is 0. The van der Waals surface area contributed by atoms with Crippen molar-refractivity contribution < 1.29 is 28.3 Å². The molecule has 1 atom stereocenters. The van der Waals surface area contributed by atoms with Crippen molar-refractivity contribution >= 4 is 0 Å². The Kier molecular flexibility index (Phi) is 11.5. The first-order valence-corrected chi connectivity index (χ1v) is 6.64. The van der Waals surface area contributed by atoms with Gasteiger partial charge in [0.15, 0.2) is 0 Å². The van der Waals surface area contributed by atoms with E-state index in [1.165, 1.54) is 5.92 Å². The fourth-order valence-electron chi connectivity index (χ4n) is 2.41. The molecular formula is C15H26LiNO2+. The maximum absolute atomic E-state index is 5.22. The molecular weight excluding hydrogens is 233 g/mol. The van der Waals surface area contributed by atoms with Gasteiger partial charge >= 0.3 is 18.9 Å². The molecule has 0 aliphatic heterocycles. The van der Waals surface area contributed by atoms with Crippen LogP contribution in [-0.4, -0.2) is 51.5 Å². The van der Waals surface area contributed by atoms with Crippen molar-refractivity contribution in [2.24, 2.45) is 5.92 Å². The Morgan fingerprint density at radius 2 is 1.47 bits per heavy atom. The van der Waals surface area contributed by atoms with Gasteiger partial charge in [-0.3, -0.25) is 4.90 Å². The summed E-state index contributed by atoms with van der Waals surface area (Å²) in [7, 11) is 3.50. The molecule has 0 heterocycles. The molecule has 1 fully saturated rings. The Morgan fingerprint density at radius 1 is 1.00 bits per heavy atom. The van der Waals surface area contributed by atoms with Crippen molar-refractivity contribution in [2.75, 3.05) is 40.5 Å². The van der Waals surface area contributed by atoms with E-state index in [-0.39, 0.29) is 18.9 Å². The van der Waals surface area contributed by atoms with E-state index in [4.69, 9.17) is 9.47 Å². The second-order valence-corrected chi connectivity index (χ2v) is 4.93. The molecule has 4 heteroatoms. The van der Waals surface area contributed by atoms with E-state index in [0.717, 1.165) is 26.3 Å². The van der Waals surface area contributed by atoms with Crippen LogP contribution in [0.1, 0.15) is 13.8 Å². The number of methoxy groups -OCH3 is 2. The molecule has 0 aromatic rings. The third-order valence-electron chi connectivity index (χ3n) is 3.22. The van der Waals surface area contributed by atoms with Crippen molar-refractivity contribution in [1.82, 2.24) is 4.90 Å². The van der Waals surface area contributed by atoms with Crippen LogP contribution >= 0.6 is 0 Å². The molecule has 0 amide bonds. The summed E-state index contributed by atoms with van der Waals surface area (Å²) in [5, 5.41) is 0. The van der Waals surface area contributed by atoms with Gasteiger partial charge in [-0.1, -0.05) is 13.8 Å². The van der Waals surface area contributed by atoms with Crippen LogP contribution in [0.25, 0.3) is 0 Å².